The van der Waals surface area contributed by atoms with Crippen LogP contribution in [0.4, 0.5) is 8.78 Å². The van der Waals surface area contributed by atoms with Crippen molar-refractivity contribution < 1.29 is 13.5 Å². The molecule has 0 saturated carbocycles. The Hall–Kier alpha value is -0.680. The predicted octanol–water partition coefficient (Wildman–Crippen LogP) is 1.16. The Morgan fingerprint density at radius 3 is 2.71 bits per heavy atom. The number of ether oxygens (including phenoxy) is 1. The van der Waals surface area contributed by atoms with Gasteiger partial charge < -0.3 is 15.4 Å². The molecule has 0 aromatic carbocycles. The van der Waals surface area contributed by atoms with Crippen molar-refractivity contribution in [3.05, 3.63) is 12.3 Å². The Kier molecular flexibility index (Phi) is 3.83. The van der Waals surface area contributed by atoms with Crippen molar-refractivity contribution in [1.82, 2.24) is 4.90 Å². The van der Waals surface area contributed by atoms with Crippen molar-refractivity contribution in [3.8, 4) is 0 Å². The zero-order chi connectivity index (χ0) is 10.7. The number of nitrogens with zero attached hydrogens (tertiary/aromatic N) is 1. The van der Waals surface area contributed by atoms with E-state index in [1.807, 2.05) is 11.8 Å². The van der Waals surface area contributed by atoms with E-state index in [1.165, 1.54) is 0 Å². The normalized spacial score (nSPS) is 28.2. The number of halogens is 2. The van der Waals surface area contributed by atoms with Gasteiger partial charge in [0.2, 0.25) is 0 Å². The van der Waals surface area contributed by atoms with Crippen LogP contribution < -0.4 is 5.73 Å². The molecule has 0 bridgehead atoms. The van der Waals surface area contributed by atoms with Gasteiger partial charge in [0.1, 0.15) is 0 Å². The number of hydrogen-bond donors (Lipinski definition) is 1. The minimum atomic E-state index is -2.73. The maximum atomic E-state index is 11.9. The number of alkyl halides is 2. The second-order valence-electron chi connectivity index (χ2n) is 3.57. The first kappa shape index (κ1) is 11.4. The molecule has 1 fully saturated rings. The van der Waals surface area contributed by atoms with Gasteiger partial charge in [0.05, 0.1) is 6.10 Å². The summed E-state index contributed by atoms with van der Waals surface area (Å²) < 4.78 is 28.3. The van der Waals surface area contributed by atoms with Crippen LogP contribution >= 0.6 is 0 Å². The summed E-state index contributed by atoms with van der Waals surface area (Å²) in [5, 5.41) is 0. The SMILES string of the molecule is C=C(C)N1CCC(OC(F)F)C(N)C1. The van der Waals surface area contributed by atoms with Gasteiger partial charge in [-0.2, -0.15) is 8.78 Å². The average molecular weight is 206 g/mol. The van der Waals surface area contributed by atoms with Crippen LogP contribution in [0.15, 0.2) is 12.3 Å². The number of rotatable bonds is 3. The predicted molar refractivity (Wildman–Crippen MR) is 49.9 cm³/mol. The summed E-state index contributed by atoms with van der Waals surface area (Å²) in [6, 6.07) is -0.366. The van der Waals surface area contributed by atoms with Crippen LogP contribution in [0.5, 0.6) is 0 Å². The Balaban J connectivity index is 2.43. The van der Waals surface area contributed by atoms with E-state index < -0.39 is 12.7 Å². The second-order valence-corrected chi connectivity index (χ2v) is 3.57. The van der Waals surface area contributed by atoms with Crippen LogP contribution in [-0.4, -0.2) is 36.7 Å². The molecule has 2 atom stereocenters. The summed E-state index contributed by atoms with van der Waals surface area (Å²) in [6.45, 7) is 4.14. The summed E-state index contributed by atoms with van der Waals surface area (Å²) in [5.74, 6) is 0. The van der Waals surface area contributed by atoms with Gasteiger partial charge in [0.25, 0.3) is 0 Å². The molecule has 3 nitrogen and oxygen atoms in total. The van der Waals surface area contributed by atoms with E-state index in [4.69, 9.17) is 5.73 Å². The topological polar surface area (TPSA) is 38.5 Å². The van der Waals surface area contributed by atoms with Gasteiger partial charge in [-0.3, -0.25) is 0 Å². The maximum Gasteiger partial charge on any atom is 0.345 e. The third-order valence-electron chi connectivity index (χ3n) is 2.41. The fraction of sp³-hybridized carbons (Fsp3) is 0.778. The maximum absolute atomic E-state index is 11.9. The smallest absolute Gasteiger partial charge is 0.345 e. The number of hydrogen-bond acceptors (Lipinski definition) is 3. The third-order valence-corrected chi connectivity index (χ3v) is 2.41. The monoisotopic (exact) mass is 206 g/mol. The molecule has 1 heterocycles. The molecule has 1 saturated heterocycles. The molecule has 0 radical (unpaired) electrons. The lowest BCUT2D eigenvalue weighted by atomic mass is 10.0. The van der Waals surface area contributed by atoms with E-state index in [0.29, 0.717) is 19.5 Å². The van der Waals surface area contributed by atoms with Gasteiger partial charge in [-0.05, 0) is 13.3 Å². The lowest BCUT2D eigenvalue weighted by molar-refractivity contribution is -0.176. The lowest BCUT2D eigenvalue weighted by Gasteiger charge is -2.37. The molecule has 2 N–H and O–H groups in total. The summed E-state index contributed by atoms with van der Waals surface area (Å²) >= 11 is 0. The highest BCUT2D eigenvalue weighted by atomic mass is 19.3. The van der Waals surface area contributed by atoms with Crippen LogP contribution in [-0.2, 0) is 4.74 Å². The zero-order valence-corrected chi connectivity index (χ0v) is 8.25. The minimum absolute atomic E-state index is 0.366. The fourth-order valence-corrected chi connectivity index (χ4v) is 1.61. The Morgan fingerprint density at radius 1 is 1.64 bits per heavy atom. The quantitative estimate of drug-likeness (QED) is 0.753. The zero-order valence-electron chi connectivity index (χ0n) is 8.25. The van der Waals surface area contributed by atoms with Crippen LogP contribution in [0, 0.1) is 0 Å². The van der Waals surface area contributed by atoms with Gasteiger partial charge >= 0.3 is 6.61 Å². The largest absolute Gasteiger partial charge is 0.374 e. The molecule has 14 heavy (non-hydrogen) atoms. The molecular weight excluding hydrogens is 190 g/mol. The number of allylic oxidation sites excluding steroid dienone is 1. The van der Waals surface area contributed by atoms with Crippen LogP contribution in [0.1, 0.15) is 13.3 Å². The first-order valence-corrected chi connectivity index (χ1v) is 4.60. The van der Waals surface area contributed by atoms with Crippen molar-refractivity contribution in [1.29, 1.82) is 0 Å². The molecule has 82 valence electrons. The highest BCUT2D eigenvalue weighted by Gasteiger charge is 2.28. The average Bonchev–Trinajstić information content (AvgIpc) is 2.07. The van der Waals surface area contributed by atoms with E-state index in [2.05, 4.69) is 11.3 Å². The molecule has 1 aliphatic heterocycles. The first-order chi connectivity index (χ1) is 6.50. The molecule has 0 aliphatic carbocycles. The highest BCUT2D eigenvalue weighted by molar-refractivity contribution is 4.95. The molecule has 1 aliphatic rings. The van der Waals surface area contributed by atoms with Crippen molar-refractivity contribution in [2.75, 3.05) is 13.1 Å². The molecule has 0 aromatic heterocycles. The van der Waals surface area contributed by atoms with Crippen molar-refractivity contribution >= 4 is 0 Å². The molecule has 1 rings (SSSR count). The van der Waals surface area contributed by atoms with E-state index >= 15 is 0 Å². The van der Waals surface area contributed by atoms with Gasteiger partial charge in [-0.1, -0.05) is 6.58 Å². The van der Waals surface area contributed by atoms with Crippen LogP contribution in [0.2, 0.25) is 0 Å². The molecule has 5 heteroatoms. The lowest BCUT2D eigenvalue weighted by Crippen LogP contribution is -2.51. The standard InChI is InChI=1S/C9H16F2N2O/c1-6(2)13-4-3-8(7(12)5-13)14-9(10)11/h7-9H,1,3-5,12H2,2H3. The van der Waals surface area contributed by atoms with E-state index in [-0.39, 0.29) is 6.04 Å². The molecule has 0 spiro atoms. The van der Waals surface area contributed by atoms with Crippen molar-refractivity contribution in [2.24, 2.45) is 5.73 Å². The van der Waals surface area contributed by atoms with Gasteiger partial charge in [0.15, 0.2) is 0 Å². The summed E-state index contributed by atoms with van der Waals surface area (Å²) in [7, 11) is 0. The molecule has 0 aromatic rings. The van der Waals surface area contributed by atoms with Crippen molar-refractivity contribution in [2.45, 2.75) is 32.1 Å². The summed E-state index contributed by atoms with van der Waals surface area (Å²) in [4.78, 5) is 1.98. The second kappa shape index (κ2) is 4.70. The number of likely N-dealkylation sites (tertiary alicyclic amines) is 1. The van der Waals surface area contributed by atoms with E-state index in [9.17, 15) is 8.78 Å². The van der Waals surface area contributed by atoms with Gasteiger partial charge in [-0.15, -0.1) is 0 Å². The number of piperidine rings is 1. The first-order valence-electron chi connectivity index (χ1n) is 4.60. The molecule has 0 amide bonds. The minimum Gasteiger partial charge on any atom is -0.374 e. The Labute approximate surface area is 82.5 Å². The summed E-state index contributed by atoms with van der Waals surface area (Å²) in [5.41, 5.74) is 6.63. The van der Waals surface area contributed by atoms with E-state index in [1.54, 1.807) is 0 Å². The van der Waals surface area contributed by atoms with Gasteiger partial charge in [-0.25, -0.2) is 0 Å². The Bertz CT molecular complexity index is 211. The van der Waals surface area contributed by atoms with Crippen LogP contribution in [0.3, 0.4) is 0 Å². The van der Waals surface area contributed by atoms with E-state index in [0.717, 1.165) is 5.70 Å². The highest BCUT2D eigenvalue weighted by Crippen LogP contribution is 2.18. The fourth-order valence-electron chi connectivity index (χ4n) is 1.61. The summed E-state index contributed by atoms with van der Waals surface area (Å²) in [6.07, 6.45) is -0.0103. The number of nitrogens with two attached hydrogens (primary N) is 1. The Morgan fingerprint density at radius 2 is 2.29 bits per heavy atom. The van der Waals surface area contributed by atoms with Crippen molar-refractivity contribution in [3.63, 3.8) is 0 Å². The van der Waals surface area contributed by atoms with Gasteiger partial charge in [0, 0.05) is 24.8 Å². The molecular formula is C9H16F2N2O. The molecule has 2 unspecified atom stereocenters. The van der Waals surface area contributed by atoms with Crippen LogP contribution in [0.25, 0.3) is 0 Å². The third kappa shape index (κ3) is 2.92.